The zero-order valence-corrected chi connectivity index (χ0v) is 12.5. The molecule has 3 nitrogen and oxygen atoms in total. The van der Waals surface area contributed by atoms with Crippen molar-refractivity contribution in [3.8, 4) is 0 Å². The normalized spacial score (nSPS) is 16.3. The minimum atomic E-state index is -1.13. The molecule has 2 unspecified atom stereocenters. The summed E-state index contributed by atoms with van der Waals surface area (Å²) in [7, 11) is 0. The Morgan fingerprint density at radius 1 is 1.28 bits per heavy atom. The van der Waals surface area contributed by atoms with Crippen molar-refractivity contribution in [2.45, 2.75) is 84.3 Å². The van der Waals surface area contributed by atoms with Crippen LogP contribution in [0.2, 0.25) is 0 Å². The summed E-state index contributed by atoms with van der Waals surface area (Å²) in [5.41, 5.74) is -1.13. The Hall–Kier alpha value is -0.410. The Morgan fingerprint density at radius 2 is 1.94 bits per heavy atom. The first kappa shape index (κ1) is 17.6. The lowest BCUT2D eigenvalue weighted by Gasteiger charge is -2.19. The topological polar surface area (TPSA) is 46.5 Å². The molecule has 0 heterocycles. The Labute approximate surface area is 112 Å². The lowest BCUT2D eigenvalue weighted by Crippen LogP contribution is -2.33. The molecule has 0 amide bonds. The molecule has 0 saturated carbocycles. The summed E-state index contributed by atoms with van der Waals surface area (Å²) in [5, 5.41) is 9.75. The van der Waals surface area contributed by atoms with E-state index in [-0.39, 0.29) is 5.78 Å². The van der Waals surface area contributed by atoms with E-state index in [0.717, 1.165) is 38.7 Å². The van der Waals surface area contributed by atoms with Crippen molar-refractivity contribution in [1.82, 2.24) is 0 Å². The smallest absolute Gasteiger partial charge is 0.164 e. The summed E-state index contributed by atoms with van der Waals surface area (Å²) >= 11 is 0. The second-order valence-corrected chi connectivity index (χ2v) is 5.33. The van der Waals surface area contributed by atoms with Gasteiger partial charge in [-0.05, 0) is 39.5 Å². The molecule has 0 rings (SSSR count). The van der Waals surface area contributed by atoms with Gasteiger partial charge < -0.3 is 9.84 Å². The molecule has 3 heteroatoms. The van der Waals surface area contributed by atoms with Crippen molar-refractivity contribution in [1.29, 1.82) is 0 Å². The number of unbranched alkanes of at least 4 members (excludes halogenated alkanes) is 2. The molecule has 0 radical (unpaired) electrons. The monoisotopic (exact) mass is 258 g/mol. The van der Waals surface area contributed by atoms with Gasteiger partial charge in [0.1, 0.15) is 5.60 Å². The zero-order valence-electron chi connectivity index (χ0n) is 12.5. The number of Topliss-reactive ketones (excluding diaryl/α,β-unsaturated/α-hetero) is 1. The Balaban J connectivity index is 3.49. The molecule has 0 aliphatic rings. The van der Waals surface area contributed by atoms with Crippen molar-refractivity contribution < 1.29 is 14.6 Å². The fourth-order valence-electron chi connectivity index (χ4n) is 1.81. The number of hydrogen-bond acceptors (Lipinski definition) is 3. The molecule has 0 aromatic heterocycles. The molecule has 0 bridgehead atoms. The standard InChI is InChI=1S/C15H30O3/c1-5-10-13(3)18-12-9-7-8-11-14(16)15(4,17)6-2/h13,17H,5-12H2,1-4H3. The van der Waals surface area contributed by atoms with E-state index in [1.807, 2.05) is 6.92 Å². The zero-order chi connectivity index (χ0) is 14.0. The van der Waals surface area contributed by atoms with Crippen molar-refractivity contribution in [2.24, 2.45) is 0 Å². The summed E-state index contributed by atoms with van der Waals surface area (Å²) in [6.45, 7) is 8.47. The maximum atomic E-state index is 11.6. The van der Waals surface area contributed by atoms with Gasteiger partial charge in [-0.3, -0.25) is 4.79 Å². The number of ketones is 1. The predicted octanol–water partition coefficient (Wildman–Crippen LogP) is 3.48. The van der Waals surface area contributed by atoms with E-state index in [9.17, 15) is 9.90 Å². The maximum Gasteiger partial charge on any atom is 0.164 e. The number of aliphatic hydroxyl groups is 1. The molecule has 0 aromatic carbocycles. The van der Waals surface area contributed by atoms with Gasteiger partial charge in [0.15, 0.2) is 5.78 Å². The van der Waals surface area contributed by atoms with Crippen LogP contribution in [-0.2, 0) is 9.53 Å². The highest BCUT2D eigenvalue weighted by atomic mass is 16.5. The van der Waals surface area contributed by atoms with E-state index in [4.69, 9.17) is 4.74 Å². The number of carbonyl (C=O) groups is 1. The number of hydrogen-bond donors (Lipinski definition) is 1. The van der Waals surface area contributed by atoms with Crippen molar-refractivity contribution in [3.63, 3.8) is 0 Å². The number of rotatable bonds is 11. The Bertz CT molecular complexity index is 224. The third-order valence-electron chi connectivity index (χ3n) is 3.43. The van der Waals surface area contributed by atoms with E-state index in [0.29, 0.717) is 18.9 Å². The maximum absolute atomic E-state index is 11.6. The molecule has 0 aliphatic carbocycles. The second kappa shape index (κ2) is 9.51. The fourth-order valence-corrected chi connectivity index (χ4v) is 1.81. The SMILES string of the molecule is CCCC(C)OCCCCCC(=O)C(C)(O)CC. The van der Waals surface area contributed by atoms with E-state index in [1.54, 1.807) is 6.92 Å². The van der Waals surface area contributed by atoms with Gasteiger partial charge in [-0.15, -0.1) is 0 Å². The highest BCUT2D eigenvalue weighted by molar-refractivity contribution is 5.86. The third-order valence-corrected chi connectivity index (χ3v) is 3.43. The summed E-state index contributed by atoms with van der Waals surface area (Å²) in [4.78, 5) is 11.6. The summed E-state index contributed by atoms with van der Waals surface area (Å²) in [5.74, 6) is -0.0368. The quantitative estimate of drug-likeness (QED) is 0.577. The molecule has 0 saturated heterocycles. The second-order valence-electron chi connectivity index (χ2n) is 5.33. The van der Waals surface area contributed by atoms with Crippen LogP contribution < -0.4 is 0 Å². The molecule has 1 N–H and O–H groups in total. The molecule has 108 valence electrons. The first-order valence-electron chi connectivity index (χ1n) is 7.31. The molecule has 0 spiro atoms. The minimum Gasteiger partial charge on any atom is -0.382 e. The summed E-state index contributed by atoms with van der Waals surface area (Å²) in [6.07, 6.45) is 6.41. The van der Waals surface area contributed by atoms with Crippen LogP contribution in [0, 0.1) is 0 Å². The van der Waals surface area contributed by atoms with Crippen molar-refractivity contribution >= 4 is 5.78 Å². The van der Waals surface area contributed by atoms with Gasteiger partial charge in [-0.1, -0.05) is 26.7 Å². The largest absolute Gasteiger partial charge is 0.382 e. The van der Waals surface area contributed by atoms with E-state index in [2.05, 4.69) is 13.8 Å². The Morgan fingerprint density at radius 3 is 2.50 bits per heavy atom. The van der Waals surface area contributed by atoms with Gasteiger partial charge in [-0.25, -0.2) is 0 Å². The molecule has 2 atom stereocenters. The van der Waals surface area contributed by atoms with Gasteiger partial charge in [0.2, 0.25) is 0 Å². The van der Waals surface area contributed by atoms with Gasteiger partial charge in [0.25, 0.3) is 0 Å². The van der Waals surface area contributed by atoms with Crippen LogP contribution in [0.4, 0.5) is 0 Å². The number of carbonyl (C=O) groups excluding carboxylic acids is 1. The van der Waals surface area contributed by atoms with E-state index < -0.39 is 5.60 Å². The van der Waals surface area contributed by atoms with Crippen molar-refractivity contribution in [2.75, 3.05) is 6.61 Å². The lowest BCUT2D eigenvalue weighted by atomic mass is 9.94. The van der Waals surface area contributed by atoms with E-state index >= 15 is 0 Å². The summed E-state index contributed by atoms with van der Waals surface area (Å²) < 4.78 is 5.64. The van der Waals surface area contributed by atoms with Crippen LogP contribution >= 0.6 is 0 Å². The van der Waals surface area contributed by atoms with Crippen LogP contribution in [0.3, 0.4) is 0 Å². The molecule has 0 aliphatic heterocycles. The van der Waals surface area contributed by atoms with E-state index in [1.165, 1.54) is 0 Å². The average Bonchev–Trinajstić information content (AvgIpc) is 2.33. The van der Waals surface area contributed by atoms with Gasteiger partial charge >= 0.3 is 0 Å². The highest BCUT2D eigenvalue weighted by Gasteiger charge is 2.26. The summed E-state index contributed by atoms with van der Waals surface area (Å²) in [6, 6.07) is 0. The molecular formula is C15H30O3. The van der Waals surface area contributed by atoms with Gasteiger partial charge in [0.05, 0.1) is 6.10 Å². The molecule has 18 heavy (non-hydrogen) atoms. The van der Waals surface area contributed by atoms with Crippen LogP contribution in [0.15, 0.2) is 0 Å². The highest BCUT2D eigenvalue weighted by Crippen LogP contribution is 2.14. The minimum absolute atomic E-state index is 0.0368. The number of ether oxygens (including phenoxy) is 1. The van der Waals surface area contributed by atoms with Crippen molar-refractivity contribution in [3.05, 3.63) is 0 Å². The molecule has 0 fully saturated rings. The molecule has 0 aromatic rings. The van der Waals surface area contributed by atoms with Gasteiger partial charge in [0, 0.05) is 13.0 Å². The lowest BCUT2D eigenvalue weighted by molar-refractivity contribution is -0.136. The van der Waals surface area contributed by atoms with Crippen LogP contribution in [0.5, 0.6) is 0 Å². The van der Waals surface area contributed by atoms with Crippen LogP contribution in [0.1, 0.15) is 72.6 Å². The first-order valence-corrected chi connectivity index (χ1v) is 7.31. The molecular weight excluding hydrogens is 228 g/mol. The van der Waals surface area contributed by atoms with Crippen LogP contribution in [0.25, 0.3) is 0 Å². The van der Waals surface area contributed by atoms with Gasteiger partial charge in [-0.2, -0.15) is 0 Å². The average molecular weight is 258 g/mol. The van der Waals surface area contributed by atoms with Crippen LogP contribution in [-0.4, -0.2) is 29.2 Å². The first-order chi connectivity index (χ1) is 8.44. The third kappa shape index (κ3) is 7.83. The predicted molar refractivity (Wildman–Crippen MR) is 74.7 cm³/mol. The fraction of sp³-hybridized carbons (Fsp3) is 0.933. The Kier molecular flexibility index (Phi) is 9.29.